The first-order chi connectivity index (χ1) is 12.9. The van der Waals surface area contributed by atoms with Crippen molar-refractivity contribution in [2.24, 2.45) is 0 Å². The van der Waals surface area contributed by atoms with Crippen molar-refractivity contribution in [2.75, 3.05) is 32.5 Å². The number of carbonyl (C=O) groups excluding carboxylic acids is 1. The maximum atomic E-state index is 11.7. The van der Waals surface area contributed by atoms with E-state index < -0.39 is 0 Å². The van der Waals surface area contributed by atoms with E-state index in [1.165, 1.54) is 0 Å². The van der Waals surface area contributed by atoms with Gasteiger partial charge in [-0.1, -0.05) is 12.1 Å². The van der Waals surface area contributed by atoms with Crippen molar-refractivity contribution in [1.29, 1.82) is 10.8 Å². The van der Waals surface area contributed by atoms with Gasteiger partial charge in [-0.2, -0.15) is 0 Å². The molecule has 0 fully saturated rings. The highest BCUT2D eigenvalue weighted by molar-refractivity contribution is 6.21. The smallest absolute Gasteiger partial charge is 0.219 e. The fourth-order valence-electron chi connectivity index (χ4n) is 3.04. The zero-order valence-electron chi connectivity index (χ0n) is 16.4. The fraction of sp³-hybridized carbons (Fsp3) is 0.350. The van der Waals surface area contributed by atoms with Gasteiger partial charge >= 0.3 is 0 Å². The standard InChI is InChI=1S/C20H28N6O/c1-13(21)17(11-23-3)15-5-7-16(8-6-15)25-20(22)18-12-26(14(2)27)10-9-19(18)24-4/h5-8,11,21,23-24H,9-10,12H2,1-4H3,(H2,22,25)/b17-11+,21-13?. The molecule has 0 saturated carbocycles. The average Bonchev–Trinajstić information content (AvgIpc) is 2.66. The maximum Gasteiger partial charge on any atom is 0.219 e. The molecule has 1 aromatic carbocycles. The molecule has 0 aromatic heterocycles. The summed E-state index contributed by atoms with van der Waals surface area (Å²) in [4.78, 5) is 13.4. The number of hydrogen-bond acceptors (Lipinski definition) is 5. The molecule has 7 nitrogen and oxygen atoms in total. The Morgan fingerprint density at radius 1 is 1.15 bits per heavy atom. The Labute approximate surface area is 160 Å². The van der Waals surface area contributed by atoms with Gasteiger partial charge in [0.15, 0.2) is 0 Å². The highest BCUT2D eigenvalue weighted by atomic mass is 16.2. The lowest BCUT2D eigenvalue weighted by Crippen LogP contribution is -2.40. The Hall–Kier alpha value is -3.09. The summed E-state index contributed by atoms with van der Waals surface area (Å²) in [5.41, 5.74) is 4.81. The predicted octanol–water partition coefficient (Wildman–Crippen LogP) is 2.40. The van der Waals surface area contributed by atoms with Crippen LogP contribution in [0.2, 0.25) is 0 Å². The zero-order chi connectivity index (χ0) is 20.0. The summed E-state index contributed by atoms with van der Waals surface area (Å²) in [7, 11) is 3.65. The molecular weight excluding hydrogens is 340 g/mol. The van der Waals surface area contributed by atoms with E-state index in [0.717, 1.165) is 28.1 Å². The van der Waals surface area contributed by atoms with Crippen LogP contribution >= 0.6 is 0 Å². The average molecular weight is 368 g/mol. The minimum Gasteiger partial charge on any atom is -0.393 e. The molecule has 1 heterocycles. The zero-order valence-corrected chi connectivity index (χ0v) is 16.4. The molecule has 1 amide bonds. The molecule has 0 spiro atoms. The number of amides is 1. The molecule has 5 N–H and O–H groups in total. The summed E-state index contributed by atoms with van der Waals surface area (Å²) in [6.07, 6.45) is 2.51. The third kappa shape index (κ3) is 4.97. The van der Waals surface area contributed by atoms with E-state index in [1.807, 2.05) is 38.4 Å². The van der Waals surface area contributed by atoms with Gasteiger partial charge < -0.3 is 26.3 Å². The lowest BCUT2D eigenvalue weighted by atomic mass is 10.0. The van der Waals surface area contributed by atoms with E-state index in [9.17, 15) is 4.79 Å². The molecule has 0 radical (unpaired) electrons. The van der Waals surface area contributed by atoms with Crippen LogP contribution in [0, 0.1) is 10.8 Å². The number of rotatable bonds is 6. The van der Waals surface area contributed by atoms with Gasteiger partial charge in [-0.25, -0.2) is 0 Å². The SMILES string of the molecule is CN/C=C(\C(C)=N)c1ccc(NC(=N)C2=C(NC)CCN(C(C)=O)C2)cc1. The first kappa shape index (κ1) is 20.2. The second kappa shape index (κ2) is 9.02. The van der Waals surface area contributed by atoms with Crippen molar-refractivity contribution in [2.45, 2.75) is 20.3 Å². The number of anilines is 1. The van der Waals surface area contributed by atoms with Gasteiger partial charge in [0, 0.05) is 68.4 Å². The summed E-state index contributed by atoms with van der Waals surface area (Å²) in [5.74, 6) is 0.304. The van der Waals surface area contributed by atoms with Crippen LogP contribution in [0.25, 0.3) is 5.57 Å². The van der Waals surface area contributed by atoms with Crippen LogP contribution in [0.15, 0.2) is 41.7 Å². The summed E-state index contributed by atoms with van der Waals surface area (Å²) < 4.78 is 0. The molecule has 7 heteroatoms. The molecule has 1 aliphatic rings. The van der Waals surface area contributed by atoms with Crippen LogP contribution in [-0.2, 0) is 4.79 Å². The topological polar surface area (TPSA) is 104 Å². The lowest BCUT2D eigenvalue weighted by molar-refractivity contribution is -0.128. The van der Waals surface area contributed by atoms with E-state index in [1.54, 1.807) is 24.9 Å². The second-order valence-electron chi connectivity index (χ2n) is 6.45. The fourth-order valence-corrected chi connectivity index (χ4v) is 3.04. The Morgan fingerprint density at radius 2 is 1.81 bits per heavy atom. The number of nitrogens with zero attached hydrogens (tertiary/aromatic N) is 1. The monoisotopic (exact) mass is 368 g/mol. The first-order valence-corrected chi connectivity index (χ1v) is 8.92. The van der Waals surface area contributed by atoms with E-state index in [2.05, 4.69) is 16.0 Å². The Kier molecular flexibility index (Phi) is 6.76. The number of hydrogen-bond donors (Lipinski definition) is 5. The first-order valence-electron chi connectivity index (χ1n) is 8.92. The van der Waals surface area contributed by atoms with Crippen molar-refractivity contribution in [1.82, 2.24) is 15.5 Å². The Bertz CT molecular complexity index is 791. The molecular formula is C20H28N6O. The molecule has 0 bridgehead atoms. The van der Waals surface area contributed by atoms with Gasteiger partial charge in [0.1, 0.15) is 5.84 Å². The van der Waals surface area contributed by atoms with E-state index in [0.29, 0.717) is 25.2 Å². The number of benzene rings is 1. The van der Waals surface area contributed by atoms with Crippen LogP contribution in [-0.4, -0.2) is 49.5 Å². The number of allylic oxidation sites excluding steroid dienone is 1. The highest BCUT2D eigenvalue weighted by Crippen LogP contribution is 2.21. The Morgan fingerprint density at radius 3 is 2.33 bits per heavy atom. The highest BCUT2D eigenvalue weighted by Gasteiger charge is 2.23. The third-order valence-corrected chi connectivity index (χ3v) is 4.55. The van der Waals surface area contributed by atoms with Gasteiger partial charge in [0.05, 0.1) is 6.54 Å². The number of amidine groups is 1. The predicted molar refractivity (Wildman–Crippen MR) is 111 cm³/mol. The van der Waals surface area contributed by atoms with Crippen molar-refractivity contribution in [3.05, 3.63) is 47.3 Å². The molecule has 0 aliphatic carbocycles. The molecule has 2 rings (SSSR count). The van der Waals surface area contributed by atoms with Gasteiger partial charge in [0.25, 0.3) is 0 Å². The van der Waals surface area contributed by atoms with Crippen molar-refractivity contribution in [3.63, 3.8) is 0 Å². The molecule has 0 unspecified atom stereocenters. The van der Waals surface area contributed by atoms with Crippen LogP contribution in [0.1, 0.15) is 25.8 Å². The van der Waals surface area contributed by atoms with E-state index in [-0.39, 0.29) is 11.7 Å². The minimum atomic E-state index is 0.0191. The minimum absolute atomic E-state index is 0.0191. The molecule has 0 saturated heterocycles. The summed E-state index contributed by atoms with van der Waals surface area (Å²) in [6.45, 7) is 4.40. The Balaban J connectivity index is 2.17. The van der Waals surface area contributed by atoms with Crippen LogP contribution in [0.3, 0.4) is 0 Å². The molecule has 0 atom stereocenters. The molecule has 1 aromatic rings. The van der Waals surface area contributed by atoms with E-state index in [4.69, 9.17) is 10.8 Å². The number of carbonyl (C=O) groups is 1. The van der Waals surface area contributed by atoms with Crippen molar-refractivity contribution in [3.8, 4) is 0 Å². The van der Waals surface area contributed by atoms with E-state index >= 15 is 0 Å². The van der Waals surface area contributed by atoms with Crippen molar-refractivity contribution < 1.29 is 4.79 Å². The number of nitrogens with one attached hydrogen (secondary N) is 5. The summed E-state index contributed by atoms with van der Waals surface area (Å²) in [5, 5.41) is 25.6. The van der Waals surface area contributed by atoms with Gasteiger partial charge in [-0.15, -0.1) is 0 Å². The van der Waals surface area contributed by atoms with Gasteiger partial charge in [0.2, 0.25) is 5.91 Å². The normalized spacial score (nSPS) is 14.7. The quantitative estimate of drug-likeness (QED) is 0.393. The largest absolute Gasteiger partial charge is 0.393 e. The van der Waals surface area contributed by atoms with Crippen LogP contribution < -0.4 is 16.0 Å². The second-order valence-corrected chi connectivity index (χ2v) is 6.45. The maximum absolute atomic E-state index is 11.7. The van der Waals surface area contributed by atoms with Crippen molar-refractivity contribution >= 4 is 28.7 Å². The molecule has 1 aliphatic heterocycles. The van der Waals surface area contributed by atoms with Gasteiger partial charge in [-0.05, 0) is 24.6 Å². The van der Waals surface area contributed by atoms with Crippen LogP contribution in [0.5, 0.6) is 0 Å². The molecule has 144 valence electrons. The summed E-state index contributed by atoms with van der Waals surface area (Å²) in [6, 6.07) is 7.63. The summed E-state index contributed by atoms with van der Waals surface area (Å²) >= 11 is 0. The van der Waals surface area contributed by atoms with Gasteiger partial charge in [-0.3, -0.25) is 10.2 Å². The molecule has 27 heavy (non-hydrogen) atoms. The lowest BCUT2D eigenvalue weighted by Gasteiger charge is -2.30. The third-order valence-electron chi connectivity index (χ3n) is 4.55. The van der Waals surface area contributed by atoms with Crippen LogP contribution in [0.4, 0.5) is 5.69 Å².